The summed E-state index contributed by atoms with van der Waals surface area (Å²) in [6, 6.07) is 11.6. The van der Waals surface area contributed by atoms with Gasteiger partial charge in [0.05, 0.1) is 6.54 Å². The number of likely N-dealkylation sites (N-methyl/N-ethyl adjacent to an activating group) is 1. The molecule has 0 amide bonds. The highest BCUT2D eigenvalue weighted by atomic mass is 35.5. The average molecular weight is 402 g/mol. The summed E-state index contributed by atoms with van der Waals surface area (Å²) in [5.74, 6) is 2.71. The summed E-state index contributed by atoms with van der Waals surface area (Å²) in [5, 5.41) is 4.12. The van der Waals surface area contributed by atoms with Crippen LogP contribution in [0.3, 0.4) is 0 Å². The summed E-state index contributed by atoms with van der Waals surface area (Å²) in [5.41, 5.74) is 1.20. The summed E-state index contributed by atoms with van der Waals surface area (Å²) >= 11 is 5.89. The van der Waals surface area contributed by atoms with E-state index in [1.807, 2.05) is 43.6 Å². The molecule has 1 aliphatic heterocycles. The van der Waals surface area contributed by atoms with Gasteiger partial charge in [-0.1, -0.05) is 11.6 Å². The van der Waals surface area contributed by atoms with E-state index in [9.17, 15) is 0 Å². The van der Waals surface area contributed by atoms with Crippen molar-refractivity contribution in [2.75, 3.05) is 45.2 Å². The van der Waals surface area contributed by atoms with Crippen LogP contribution in [0.4, 0.5) is 5.82 Å². The zero-order valence-electron chi connectivity index (χ0n) is 16.6. The Kier molecular flexibility index (Phi) is 7.37. The van der Waals surface area contributed by atoms with Crippen molar-refractivity contribution in [3.63, 3.8) is 0 Å². The van der Waals surface area contributed by atoms with Crippen molar-refractivity contribution in [2.24, 2.45) is 4.99 Å². The number of nitrogens with one attached hydrogen (secondary N) is 1. The minimum Gasteiger partial charge on any atom is -0.492 e. The van der Waals surface area contributed by atoms with Gasteiger partial charge in [-0.25, -0.2) is 4.98 Å². The van der Waals surface area contributed by atoms with E-state index in [1.54, 1.807) is 7.05 Å². The highest BCUT2D eigenvalue weighted by Crippen LogP contribution is 2.18. The Morgan fingerprint density at radius 2 is 2.00 bits per heavy atom. The Morgan fingerprint density at radius 1 is 1.25 bits per heavy atom. The second-order valence-electron chi connectivity index (χ2n) is 6.84. The molecule has 2 heterocycles. The zero-order valence-corrected chi connectivity index (χ0v) is 17.3. The van der Waals surface area contributed by atoms with Gasteiger partial charge >= 0.3 is 0 Å². The van der Waals surface area contributed by atoms with Gasteiger partial charge in [-0.15, -0.1) is 0 Å². The quantitative estimate of drug-likeness (QED) is 0.569. The van der Waals surface area contributed by atoms with Crippen LogP contribution in [0.15, 0.2) is 47.6 Å². The highest BCUT2D eigenvalue weighted by Gasteiger charge is 2.14. The van der Waals surface area contributed by atoms with Gasteiger partial charge in [0.1, 0.15) is 18.2 Å². The predicted molar refractivity (Wildman–Crippen MR) is 115 cm³/mol. The van der Waals surface area contributed by atoms with E-state index in [1.165, 1.54) is 18.4 Å². The molecular formula is C21H28ClN5O. The third-order valence-corrected chi connectivity index (χ3v) is 5.03. The maximum atomic E-state index is 5.89. The standard InChI is InChI=1S/C21H28ClN5O/c1-23-21(26(2)13-14-28-19-7-5-18(22)6-8-19)25-16-17-9-10-24-20(15-17)27-11-3-4-12-27/h5-10,15H,3-4,11-14,16H2,1-2H3,(H,23,25). The number of rotatable bonds is 7. The van der Waals surface area contributed by atoms with Gasteiger partial charge in [0, 0.05) is 44.9 Å². The normalized spacial score (nSPS) is 14.2. The number of nitrogens with zero attached hydrogens (tertiary/aromatic N) is 4. The van der Waals surface area contributed by atoms with Gasteiger partial charge in [-0.2, -0.15) is 0 Å². The lowest BCUT2D eigenvalue weighted by atomic mass is 10.2. The topological polar surface area (TPSA) is 53.0 Å². The van der Waals surface area contributed by atoms with Gasteiger partial charge < -0.3 is 19.9 Å². The number of hydrogen-bond acceptors (Lipinski definition) is 4. The monoisotopic (exact) mass is 401 g/mol. The van der Waals surface area contributed by atoms with Gasteiger partial charge in [0.2, 0.25) is 0 Å². The molecule has 0 atom stereocenters. The Bertz CT molecular complexity index is 775. The van der Waals surface area contributed by atoms with Crippen molar-refractivity contribution >= 4 is 23.4 Å². The summed E-state index contributed by atoms with van der Waals surface area (Å²) in [6.45, 7) is 4.19. The molecule has 6 nitrogen and oxygen atoms in total. The molecule has 1 fully saturated rings. The second-order valence-corrected chi connectivity index (χ2v) is 7.28. The molecule has 0 spiro atoms. The Hall–Kier alpha value is -2.47. The fraction of sp³-hybridized carbons (Fsp3) is 0.429. The minimum atomic E-state index is 0.563. The van der Waals surface area contributed by atoms with Crippen LogP contribution in [0.25, 0.3) is 0 Å². The molecule has 0 aliphatic carbocycles. The van der Waals surface area contributed by atoms with E-state index in [0.717, 1.165) is 37.2 Å². The largest absolute Gasteiger partial charge is 0.492 e. The first-order chi connectivity index (χ1) is 13.7. The van der Waals surface area contributed by atoms with Crippen LogP contribution in [0.2, 0.25) is 5.02 Å². The Balaban J connectivity index is 1.47. The van der Waals surface area contributed by atoms with E-state index in [4.69, 9.17) is 16.3 Å². The second kappa shape index (κ2) is 10.2. The maximum absolute atomic E-state index is 5.89. The summed E-state index contributed by atoms with van der Waals surface area (Å²) in [4.78, 5) is 13.3. The number of ether oxygens (including phenoxy) is 1. The SMILES string of the molecule is CN=C(NCc1ccnc(N2CCCC2)c1)N(C)CCOc1ccc(Cl)cc1. The average Bonchev–Trinajstić information content (AvgIpc) is 3.25. The van der Waals surface area contributed by atoms with Crippen LogP contribution in [0.5, 0.6) is 5.75 Å². The number of benzene rings is 1. The van der Waals surface area contributed by atoms with Crippen molar-refractivity contribution in [1.82, 2.24) is 15.2 Å². The molecule has 1 N–H and O–H groups in total. The van der Waals surface area contributed by atoms with Gasteiger partial charge in [0.15, 0.2) is 5.96 Å². The number of halogens is 1. The van der Waals surface area contributed by atoms with Crippen LogP contribution in [-0.4, -0.2) is 56.2 Å². The number of hydrogen-bond donors (Lipinski definition) is 1. The van der Waals surface area contributed by atoms with Crippen molar-refractivity contribution in [1.29, 1.82) is 0 Å². The maximum Gasteiger partial charge on any atom is 0.193 e. The van der Waals surface area contributed by atoms with Crippen LogP contribution >= 0.6 is 11.6 Å². The lowest BCUT2D eigenvalue weighted by molar-refractivity contribution is 0.281. The fourth-order valence-electron chi connectivity index (χ4n) is 3.19. The molecule has 0 bridgehead atoms. The van der Waals surface area contributed by atoms with Crippen LogP contribution < -0.4 is 15.0 Å². The summed E-state index contributed by atoms with van der Waals surface area (Å²) < 4.78 is 5.76. The summed E-state index contributed by atoms with van der Waals surface area (Å²) in [7, 11) is 3.80. The van der Waals surface area contributed by atoms with Crippen molar-refractivity contribution < 1.29 is 4.74 Å². The molecule has 1 saturated heterocycles. The molecular weight excluding hydrogens is 374 g/mol. The number of aliphatic imine (C=N–C) groups is 1. The lowest BCUT2D eigenvalue weighted by Crippen LogP contribution is -2.40. The molecule has 0 saturated carbocycles. The lowest BCUT2D eigenvalue weighted by Gasteiger charge is -2.22. The number of anilines is 1. The fourth-order valence-corrected chi connectivity index (χ4v) is 3.32. The van der Waals surface area contributed by atoms with E-state index in [0.29, 0.717) is 18.2 Å². The van der Waals surface area contributed by atoms with Crippen LogP contribution in [0.1, 0.15) is 18.4 Å². The van der Waals surface area contributed by atoms with Gasteiger partial charge in [-0.3, -0.25) is 4.99 Å². The molecule has 1 aromatic carbocycles. The molecule has 7 heteroatoms. The van der Waals surface area contributed by atoms with Crippen LogP contribution in [-0.2, 0) is 6.54 Å². The molecule has 28 heavy (non-hydrogen) atoms. The van der Waals surface area contributed by atoms with Gasteiger partial charge in [0.25, 0.3) is 0 Å². The van der Waals surface area contributed by atoms with Crippen molar-refractivity contribution in [3.8, 4) is 5.75 Å². The molecule has 1 aliphatic rings. The smallest absolute Gasteiger partial charge is 0.193 e. The van der Waals surface area contributed by atoms with Crippen molar-refractivity contribution in [3.05, 3.63) is 53.2 Å². The van der Waals surface area contributed by atoms with E-state index >= 15 is 0 Å². The van der Waals surface area contributed by atoms with Gasteiger partial charge in [-0.05, 0) is 54.8 Å². The molecule has 150 valence electrons. The third kappa shape index (κ3) is 5.76. The third-order valence-electron chi connectivity index (χ3n) is 4.77. The van der Waals surface area contributed by atoms with Crippen LogP contribution in [0, 0.1) is 0 Å². The van der Waals surface area contributed by atoms with E-state index in [2.05, 4.69) is 31.2 Å². The molecule has 0 unspecified atom stereocenters. The summed E-state index contributed by atoms with van der Waals surface area (Å²) in [6.07, 6.45) is 4.39. The Labute approximate surface area is 172 Å². The molecule has 0 radical (unpaired) electrons. The first-order valence-corrected chi connectivity index (χ1v) is 10.0. The van der Waals surface area contributed by atoms with E-state index in [-0.39, 0.29) is 0 Å². The first kappa shape index (κ1) is 20.3. The van der Waals surface area contributed by atoms with E-state index < -0.39 is 0 Å². The Morgan fingerprint density at radius 3 is 2.71 bits per heavy atom. The zero-order chi connectivity index (χ0) is 19.8. The molecule has 1 aromatic heterocycles. The first-order valence-electron chi connectivity index (χ1n) is 9.66. The molecule has 2 aromatic rings. The number of aromatic nitrogens is 1. The predicted octanol–water partition coefficient (Wildman–Crippen LogP) is 3.42. The number of pyridine rings is 1. The highest BCUT2D eigenvalue weighted by molar-refractivity contribution is 6.30. The number of guanidine groups is 1. The minimum absolute atomic E-state index is 0.563. The van der Waals surface area contributed by atoms with Crippen molar-refractivity contribution in [2.45, 2.75) is 19.4 Å². The molecule has 3 rings (SSSR count).